The van der Waals surface area contributed by atoms with Crippen molar-refractivity contribution in [2.24, 2.45) is 0 Å². The van der Waals surface area contributed by atoms with Crippen molar-refractivity contribution in [2.45, 2.75) is 19.3 Å². The van der Waals surface area contributed by atoms with Crippen molar-refractivity contribution >= 4 is 29.0 Å². The van der Waals surface area contributed by atoms with E-state index in [2.05, 4.69) is 0 Å². The highest BCUT2D eigenvalue weighted by Gasteiger charge is 2.17. The average molecular weight is 293 g/mol. The molecule has 0 aromatic heterocycles. The maximum absolute atomic E-state index is 11.8. The van der Waals surface area contributed by atoms with Gasteiger partial charge in [0.25, 0.3) is 0 Å². The lowest BCUT2D eigenvalue weighted by Gasteiger charge is -2.14. The number of carbonyl (C=O) groups is 1. The fraction of sp³-hybridized carbons (Fsp3) is 0.188. The van der Waals surface area contributed by atoms with Gasteiger partial charge in [0.15, 0.2) is 0 Å². The Hall–Kier alpha value is -1.31. The molecule has 1 unspecified atom stereocenters. The highest BCUT2D eigenvalue weighted by molar-refractivity contribution is 6.30. The second-order valence-electron chi connectivity index (χ2n) is 4.55. The molecule has 0 saturated carbocycles. The van der Waals surface area contributed by atoms with Crippen LogP contribution < -0.4 is 0 Å². The monoisotopic (exact) mass is 292 g/mol. The molecule has 2 aromatic rings. The molecule has 0 aliphatic carbocycles. The average Bonchev–Trinajstić information content (AvgIpc) is 2.39. The van der Waals surface area contributed by atoms with Crippen molar-refractivity contribution in [3.05, 3.63) is 69.7 Å². The largest absolute Gasteiger partial charge is 0.299 e. The Labute approximate surface area is 123 Å². The zero-order valence-electron chi connectivity index (χ0n) is 10.6. The van der Waals surface area contributed by atoms with Gasteiger partial charge in [-0.2, -0.15) is 0 Å². The second-order valence-corrected chi connectivity index (χ2v) is 5.42. The molecule has 1 nitrogen and oxygen atoms in total. The summed E-state index contributed by atoms with van der Waals surface area (Å²) in [4.78, 5) is 11.8. The van der Waals surface area contributed by atoms with Crippen molar-refractivity contribution < 1.29 is 4.79 Å². The molecule has 19 heavy (non-hydrogen) atoms. The summed E-state index contributed by atoms with van der Waals surface area (Å²) in [6.07, 6.45) is 0.675. The summed E-state index contributed by atoms with van der Waals surface area (Å²) in [7, 11) is 0. The third-order valence-corrected chi connectivity index (χ3v) is 3.62. The minimum atomic E-state index is -0.140. The van der Waals surface area contributed by atoms with E-state index >= 15 is 0 Å². The summed E-state index contributed by atoms with van der Waals surface area (Å²) < 4.78 is 0. The van der Waals surface area contributed by atoms with Gasteiger partial charge in [-0.1, -0.05) is 47.5 Å². The van der Waals surface area contributed by atoms with Crippen LogP contribution in [0.25, 0.3) is 0 Å². The predicted octanol–water partition coefficient (Wildman–Crippen LogP) is 4.91. The molecule has 0 fully saturated rings. The number of Topliss-reactive ketones (excluding diaryl/α,β-unsaturated/α-hetero) is 1. The minimum Gasteiger partial charge on any atom is -0.299 e. The molecule has 0 aliphatic heterocycles. The molecular weight excluding hydrogens is 279 g/mol. The van der Waals surface area contributed by atoms with E-state index in [0.717, 1.165) is 11.1 Å². The van der Waals surface area contributed by atoms with Gasteiger partial charge in [0, 0.05) is 16.0 Å². The standard InChI is InChI=1S/C16H14Cl2O/c1-11(19)16(13-4-8-15(18)9-5-13)10-12-2-6-14(17)7-3-12/h2-9,16H,10H2,1H3. The van der Waals surface area contributed by atoms with Crippen molar-refractivity contribution in [1.82, 2.24) is 0 Å². The number of hydrogen-bond acceptors (Lipinski definition) is 1. The van der Waals surface area contributed by atoms with E-state index in [1.807, 2.05) is 48.5 Å². The van der Waals surface area contributed by atoms with E-state index in [1.165, 1.54) is 0 Å². The summed E-state index contributed by atoms with van der Waals surface area (Å²) in [5, 5.41) is 1.38. The highest BCUT2D eigenvalue weighted by atomic mass is 35.5. The Balaban J connectivity index is 2.23. The van der Waals surface area contributed by atoms with Gasteiger partial charge >= 0.3 is 0 Å². The first kappa shape index (κ1) is 14.1. The second kappa shape index (κ2) is 6.23. The predicted molar refractivity (Wildman–Crippen MR) is 80.0 cm³/mol. The zero-order valence-corrected chi connectivity index (χ0v) is 12.1. The third kappa shape index (κ3) is 3.82. The van der Waals surface area contributed by atoms with Crippen molar-refractivity contribution in [3.8, 4) is 0 Å². The maximum Gasteiger partial charge on any atom is 0.137 e. The van der Waals surface area contributed by atoms with Crippen LogP contribution in [0.5, 0.6) is 0 Å². The van der Waals surface area contributed by atoms with Crippen molar-refractivity contribution in [3.63, 3.8) is 0 Å². The maximum atomic E-state index is 11.8. The Bertz CT molecular complexity index is 558. The molecule has 98 valence electrons. The normalized spacial score (nSPS) is 12.2. The van der Waals surface area contributed by atoms with E-state index in [-0.39, 0.29) is 11.7 Å². The van der Waals surface area contributed by atoms with Crippen molar-refractivity contribution in [1.29, 1.82) is 0 Å². The minimum absolute atomic E-state index is 0.140. The fourth-order valence-electron chi connectivity index (χ4n) is 2.05. The first-order valence-electron chi connectivity index (χ1n) is 6.06. The quantitative estimate of drug-likeness (QED) is 0.783. The Morgan fingerprint density at radius 1 is 0.947 bits per heavy atom. The zero-order chi connectivity index (χ0) is 13.8. The SMILES string of the molecule is CC(=O)C(Cc1ccc(Cl)cc1)c1ccc(Cl)cc1. The number of hydrogen-bond donors (Lipinski definition) is 0. The Morgan fingerprint density at radius 2 is 1.42 bits per heavy atom. The molecule has 0 bridgehead atoms. The van der Waals surface area contributed by atoms with Crippen LogP contribution in [0.3, 0.4) is 0 Å². The Morgan fingerprint density at radius 3 is 1.89 bits per heavy atom. The number of rotatable bonds is 4. The molecule has 1 atom stereocenters. The van der Waals surface area contributed by atoms with Gasteiger partial charge in [0.1, 0.15) is 5.78 Å². The molecule has 0 amide bonds. The summed E-state index contributed by atoms with van der Waals surface area (Å²) in [6, 6.07) is 15.0. The van der Waals surface area contributed by atoms with E-state index in [9.17, 15) is 4.79 Å². The summed E-state index contributed by atoms with van der Waals surface area (Å²) >= 11 is 11.7. The van der Waals surface area contributed by atoms with Gasteiger partial charge in [-0.25, -0.2) is 0 Å². The number of ketones is 1. The van der Waals surface area contributed by atoms with Crippen LogP contribution in [0.1, 0.15) is 24.0 Å². The van der Waals surface area contributed by atoms with Gasteiger partial charge in [0.05, 0.1) is 0 Å². The van der Waals surface area contributed by atoms with Gasteiger partial charge < -0.3 is 0 Å². The van der Waals surface area contributed by atoms with E-state index in [0.29, 0.717) is 16.5 Å². The van der Waals surface area contributed by atoms with Gasteiger partial charge in [0.2, 0.25) is 0 Å². The molecule has 3 heteroatoms. The first-order chi connectivity index (χ1) is 9.06. The molecular formula is C16H14Cl2O. The van der Waals surface area contributed by atoms with Crippen LogP contribution in [0.15, 0.2) is 48.5 Å². The van der Waals surface area contributed by atoms with Crippen LogP contribution in [-0.2, 0) is 11.2 Å². The summed E-state index contributed by atoms with van der Waals surface area (Å²) in [5.41, 5.74) is 2.09. The fourth-order valence-corrected chi connectivity index (χ4v) is 2.30. The van der Waals surface area contributed by atoms with E-state index < -0.39 is 0 Å². The highest BCUT2D eigenvalue weighted by Crippen LogP contribution is 2.24. The molecule has 0 spiro atoms. The van der Waals surface area contributed by atoms with Crippen LogP contribution in [0, 0.1) is 0 Å². The van der Waals surface area contributed by atoms with Crippen molar-refractivity contribution in [2.75, 3.05) is 0 Å². The molecule has 0 saturated heterocycles. The molecule has 0 aliphatic rings. The topological polar surface area (TPSA) is 17.1 Å². The van der Waals surface area contributed by atoms with Gasteiger partial charge in [-0.3, -0.25) is 4.79 Å². The third-order valence-electron chi connectivity index (χ3n) is 3.12. The molecule has 0 N–H and O–H groups in total. The van der Waals surface area contributed by atoms with Gasteiger partial charge in [-0.15, -0.1) is 0 Å². The molecule has 2 rings (SSSR count). The number of halogens is 2. The van der Waals surface area contributed by atoms with Crippen LogP contribution in [-0.4, -0.2) is 5.78 Å². The molecule has 2 aromatic carbocycles. The number of carbonyl (C=O) groups excluding carboxylic acids is 1. The molecule has 0 radical (unpaired) electrons. The lowest BCUT2D eigenvalue weighted by atomic mass is 9.89. The smallest absolute Gasteiger partial charge is 0.137 e. The summed E-state index contributed by atoms with van der Waals surface area (Å²) in [6.45, 7) is 1.62. The number of benzene rings is 2. The van der Waals surface area contributed by atoms with Gasteiger partial charge in [-0.05, 0) is 48.7 Å². The van der Waals surface area contributed by atoms with Crippen LogP contribution >= 0.6 is 23.2 Å². The molecule has 0 heterocycles. The van der Waals surface area contributed by atoms with E-state index in [4.69, 9.17) is 23.2 Å². The Kier molecular flexibility index (Phi) is 4.62. The van der Waals surface area contributed by atoms with Crippen LogP contribution in [0.4, 0.5) is 0 Å². The van der Waals surface area contributed by atoms with Crippen LogP contribution in [0.2, 0.25) is 10.0 Å². The first-order valence-corrected chi connectivity index (χ1v) is 6.82. The lowest BCUT2D eigenvalue weighted by Crippen LogP contribution is -2.11. The van der Waals surface area contributed by atoms with E-state index in [1.54, 1.807) is 6.92 Å². The lowest BCUT2D eigenvalue weighted by molar-refractivity contribution is -0.118. The summed E-state index contributed by atoms with van der Waals surface area (Å²) in [5.74, 6) is 0.00992.